The number of amides is 2. The Morgan fingerprint density at radius 3 is 2.58 bits per heavy atom. The average molecular weight is 511 g/mol. The molecule has 0 saturated carbocycles. The maximum Gasteiger partial charge on any atom is 0.251 e. The van der Waals surface area contributed by atoms with E-state index >= 15 is 0 Å². The molecule has 1 aliphatic rings. The van der Waals surface area contributed by atoms with E-state index in [9.17, 15) is 19.1 Å². The van der Waals surface area contributed by atoms with E-state index in [0.717, 1.165) is 12.1 Å². The molecule has 0 spiro atoms. The van der Waals surface area contributed by atoms with Gasteiger partial charge in [-0.1, -0.05) is 25.1 Å². The number of hydrogen-bond donors (Lipinski definition) is 3. The highest BCUT2D eigenvalue weighted by atomic mass is 32.1. The first-order valence-corrected chi connectivity index (χ1v) is 12.8. The number of benzene rings is 1. The topological polar surface area (TPSA) is 109 Å². The zero-order valence-electron chi connectivity index (χ0n) is 20.9. The SMILES string of the molecule is CCC(C)(c1cccc(Nc2sc(-c3ccc(C(C)(C)O)cc3F)cc2C(N)=O)n1)N1CCCC1=O. The number of carbonyl (C=O) groups excluding carboxylic acids is 2. The second-order valence-electron chi connectivity index (χ2n) is 9.78. The van der Waals surface area contributed by atoms with Gasteiger partial charge in [-0.15, -0.1) is 11.3 Å². The Hall–Kier alpha value is -3.30. The van der Waals surface area contributed by atoms with Gasteiger partial charge in [-0.25, -0.2) is 9.37 Å². The van der Waals surface area contributed by atoms with Gasteiger partial charge in [0.2, 0.25) is 5.91 Å². The lowest BCUT2D eigenvalue weighted by Gasteiger charge is -2.38. The van der Waals surface area contributed by atoms with Crippen LogP contribution in [0.15, 0.2) is 42.5 Å². The molecule has 0 radical (unpaired) electrons. The summed E-state index contributed by atoms with van der Waals surface area (Å²) in [5.41, 5.74) is 5.63. The van der Waals surface area contributed by atoms with Crippen molar-refractivity contribution in [1.82, 2.24) is 9.88 Å². The summed E-state index contributed by atoms with van der Waals surface area (Å²) in [6.07, 6.45) is 2.07. The fraction of sp³-hybridized carbons (Fsp3) is 0.370. The molecule has 4 rings (SSSR count). The third kappa shape index (κ3) is 4.85. The smallest absolute Gasteiger partial charge is 0.251 e. The van der Waals surface area contributed by atoms with Crippen LogP contribution in [0.2, 0.25) is 0 Å². The molecule has 4 N–H and O–H groups in total. The van der Waals surface area contributed by atoms with E-state index in [1.54, 1.807) is 38.1 Å². The Kier molecular flexibility index (Phi) is 6.90. The molecule has 3 aromatic rings. The fourth-order valence-corrected chi connectivity index (χ4v) is 5.59. The molecule has 2 aromatic heterocycles. The van der Waals surface area contributed by atoms with Gasteiger partial charge in [0.15, 0.2) is 0 Å². The molecule has 9 heteroatoms. The first-order valence-electron chi connectivity index (χ1n) is 12.0. The van der Waals surface area contributed by atoms with E-state index < -0.39 is 22.9 Å². The second kappa shape index (κ2) is 9.63. The van der Waals surface area contributed by atoms with Crippen LogP contribution in [0.25, 0.3) is 10.4 Å². The van der Waals surface area contributed by atoms with Crippen molar-refractivity contribution in [2.45, 2.75) is 58.1 Å². The molecule has 3 heterocycles. The number of rotatable bonds is 8. The van der Waals surface area contributed by atoms with Crippen LogP contribution in [0.1, 0.15) is 68.6 Å². The molecular formula is C27H31FN4O3S. The van der Waals surface area contributed by atoms with Gasteiger partial charge in [0.1, 0.15) is 16.6 Å². The number of nitrogens with two attached hydrogens (primary N) is 1. The lowest BCUT2D eigenvalue weighted by atomic mass is 9.91. The molecule has 0 bridgehead atoms. The number of thiophene rings is 1. The van der Waals surface area contributed by atoms with Crippen molar-refractivity contribution < 1.29 is 19.1 Å². The number of halogens is 1. The van der Waals surface area contributed by atoms with Crippen LogP contribution >= 0.6 is 11.3 Å². The minimum atomic E-state index is -1.18. The molecule has 1 aliphatic heterocycles. The van der Waals surface area contributed by atoms with E-state index in [1.807, 2.05) is 30.9 Å². The van der Waals surface area contributed by atoms with Crippen LogP contribution in [0, 0.1) is 5.82 Å². The van der Waals surface area contributed by atoms with Crippen molar-refractivity contribution in [2.24, 2.45) is 5.73 Å². The largest absolute Gasteiger partial charge is 0.386 e. The number of primary amides is 1. The number of nitrogens with zero attached hydrogens (tertiary/aromatic N) is 2. The van der Waals surface area contributed by atoms with Crippen LogP contribution in [-0.4, -0.2) is 33.3 Å². The van der Waals surface area contributed by atoms with Crippen molar-refractivity contribution in [3.63, 3.8) is 0 Å². The Labute approximate surface area is 214 Å². The average Bonchev–Trinajstić information content (AvgIpc) is 3.44. The van der Waals surface area contributed by atoms with Gasteiger partial charge < -0.3 is 21.1 Å². The first kappa shape index (κ1) is 25.8. The number of anilines is 2. The molecule has 1 fully saturated rings. The number of aromatic nitrogens is 1. The lowest BCUT2D eigenvalue weighted by Crippen LogP contribution is -2.44. The number of hydrogen-bond acceptors (Lipinski definition) is 6. The summed E-state index contributed by atoms with van der Waals surface area (Å²) in [5.74, 6) is -0.540. The number of pyridine rings is 1. The molecule has 36 heavy (non-hydrogen) atoms. The van der Waals surface area contributed by atoms with Crippen molar-refractivity contribution in [1.29, 1.82) is 0 Å². The van der Waals surface area contributed by atoms with Crippen molar-refractivity contribution >= 4 is 34.0 Å². The normalized spacial score (nSPS) is 15.7. The van der Waals surface area contributed by atoms with Crippen LogP contribution in [0.3, 0.4) is 0 Å². The zero-order chi connectivity index (χ0) is 26.3. The van der Waals surface area contributed by atoms with Crippen LogP contribution in [0.4, 0.5) is 15.2 Å². The number of nitrogens with one attached hydrogen (secondary N) is 1. The van der Waals surface area contributed by atoms with Gasteiger partial charge in [-0.3, -0.25) is 9.59 Å². The molecule has 0 aliphatic carbocycles. The summed E-state index contributed by atoms with van der Waals surface area (Å²) in [6.45, 7) is 7.91. The molecule has 1 unspecified atom stereocenters. The Balaban J connectivity index is 1.68. The monoisotopic (exact) mass is 510 g/mol. The van der Waals surface area contributed by atoms with Crippen LogP contribution < -0.4 is 11.1 Å². The summed E-state index contributed by atoms with van der Waals surface area (Å²) in [5, 5.41) is 13.8. The number of likely N-dealkylation sites (tertiary alicyclic amines) is 1. The van der Waals surface area contributed by atoms with E-state index in [4.69, 9.17) is 10.7 Å². The maximum absolute atomic E-state index is 15.0. The third-order valence-electron chi connectivity index (χ3n) is 6.84. The predicted octanol–water partition coefficient (Wildman–Crippen LogP) is 5.27. The van der Waals surface area contributed by atoms with Gasteiger partial charge in [-0.05, 0) is 63.4 Å². The summed E-state index contributed by atoms with van der Waals surface area (Å²) in [4.78, 5) is 31.9. The molecule has 1 saturated heterocycles. The highest BCUT2D eigenvalue weighted by Gasteiger charge is 2.39. The highest BCUT2D eigenvalue weighted by Crippen LogP contribution is 2.39. The van der Waals surface area contributed by atoms with Crippen LogP contribution in [0.5, 0.6) is 0 Å². The van der Waals surface area contributed by atoms with Crippen molar-refractivity contribution in [3.05, 3.63) is 65.1 Å². The third-order valence-corrected chi connectivity index (χ3v) is 7.92. The minimum absolute atomic E-state index is 0.121. The summed E-state index contributed by atoms with van der Waals surface area (Å²) in [6, 6.07) is 11.6. The summed E-state index contributed by atoms with van der Waals surface area (Å²) < 4.78 is 15.0. The highest BCUT2D eigenvalue weighted by molar-refractivity contribution is 7.19. The van der Waals surface area contributed by atoms with Gasteiger partial charge in [-0.2, -0.15) is 0 Å². The Bertz CT molecular complexity index is 1320. The van der Waals surface area contributed by atoms with Crippen molar-refractivity contribution in [2.75, 3.05) is 11.9 Å². The quantitative estimate of drug-likeness (QED) is 0.383. The summed E-state index contributed by atoms with van der Waals surface area (Å²) >= 11 is 1.19. The van der Waals surface area contributed by atoms with Crippen molar-refractivity contribution in [3.8, 4) is 10.4 Å². The minimum Gasteiger partial charge on any atom is -0.386 e. The molecular weight excluding hydrogens is 479 g/mol. The molecule has 2 amide bonds. The molecule has 1 aromatic carbocycles. The standard InChI is InChI=1S/C27H31FN4O3S/c1-5-27(4,32-13-7-10-23(32)33)21-8-6-9-22(30-21)31-25-18(24(29)34)15-20(36-25)17-12-11-16(14-19(17)28)26(2,3)35/h6,8-9,11-12,14-15,35H,5,7,10,13H2,1-4H3,(H2,29,34)(H,30,31). The second-order valence-corrected chi connectivity index (χ2v) is 10.8. The van der Waals surface area contributed by atoms with Gasteiger partial charge >= 0.3 is 0 Å². The van der Waals surface area contributed by atoms with Gasteiger partial charge in [0.05, 0.1) is 22.4 Å². The fourth-order valence-electron chi connectivity index (χ4n) is 4.50. The number of aliphatic hydroxyl groups is 1. The molecule has 190 valence electrons. The van der Waals surface area contributed by atoms with E-state index in [0.29, 0.717) is 46.2 Å². The van der Waals surface area contributed by atoms with E-state index in [-0.39, 0.29) is 11.5 Å². The lowest BCUT2D eigenvalue weighted by molar-refractivity contribution is -0.133. The predicted molar refractivity (Wildman–Crippen MR) is 140 cm³/mol. The maximum atomic E-state index is 15.0. The molecule has 1 atom stereocenters. The number of carbonyl (C=O) groups is 2. The van der Waals surface area contributed by atoms with E-state index in [2.05, 4.69) is 5.32 Å². The van der Waals surface area contributed by atoms with Crippen LogP contribution in [-0.2, 0) is 15.9 Å². The van der Waals surface area contributed by atoms with E-state index in [1.165, 1.54) is 17.4 Å². The Morgan fingerprint density at radius 2 is 2.00 bits per heavy atom. The Morgan fingerprint density at radius 1 is 1.25 bits per heavy atom. The van der Waals surface area contributed by atoms with Gasteiger partial charge in [0.25, 0.3) is 5.91 Å². The zero-order valence-corrected chi connectivity index (χ0v) is 21.7. The molecule has 7 nitrogen and oxygen atoms in total. The van der Waals surface area contributed by atoms with Gasteiger partial charge in [0, 0.05) is 23.4 Å². The first-order chi connectivity index (χ1) is 16.9. The summed E-state index contributed by atoms with van der Waals surface area (Å²) in [7, 11) is 0.